The summed E-state index contributed by atoms with van der Waals surface area (Å²) in [6, 6.07) is 60.6. The summed E-state index contributed by atoms with van der Waals surface area (Å²) in [6.07, 6.45) is 1.01. The molecule has 0 aliphatic heterocycles. The minimum Gasteiger partial charge on any atom is -0.465 e. The third-order valence-corrected chi connectivity index (χ3v) is 11.6. The number of fused-ring (bicyclic) bond motifs is 1. The minimum absolute atomic E-state index is 0.0573. The van der Waals surface area contributed by atoms with Crippen LogP contribution in [0.5, 0.6) is 0 Å². The number of carbonyl (C=O) groups excluding carboxylic acids is 1. The number of aromatic nitrogens is 4. The molecule has 324 valence electrons. The fraction of sp³-hybridized carbons (Fsp3) is 0.222. The van der Waals surface area contributed by atoms with Crippen molar-refractivity contribution in [3.8, 4) is 0 Å². The Morgan fingerprint density at radius 1 is 0.609 bits per heavy atom. The summed E-state index contributed by atoms with van der Waals surface area (Å²) in [7, 11) is 3.17. The highest BCUT2D eigenvalue weighted by atomic mass is 16.7. The summed E-state index contributed by atoms with van der Waals surface area (Å²) in [4.78, 5) is 34.7. The molecular weight excluding hydrogens is 799 g/mol. The highest BCUT2D eigenvalue weighted by molar-refractivity contribution is 5.83. The Bertz CT molecular complexity index is 2540. The quantitative estimate of drug-likeness (QED) is 0.0414. The van der Waals surface area contributed by atoms with Gasteiger partial charge in [0.25, 0.3) is 0 Å². The molecule has 2 heterocycles. The largest absolute Gasteiger partial charge is 0.465 e. The van der Waals surface area contributed by atoms with Gasteiger partial charge in [0.15, 0.2) is 29.1 Å². The number of nitrogens with one attached hydrogen (secondary N) is 1. The Morgan fingerprint density at radius 3 is 1.42 bits per heavy atom. The Balaban J connectivity index is 1.38. The van der Waals surface area contributed by atoms with Crippen LogP contribution in [0.3, 0.4) is 0 Å². The van der Waals surface area contributed by atoms with Crippen LogP contribution in [0.1, 0.15) is 72.4 Å². The first-order valence-corrected chi connectivity index (χ1v) is 21.5. The van der Waals surface area contributed by atoms with Gasteiger partial charge >= 0.3 is 5.97 Å². The van der Waals surface area contributed by atoms with Crippen LogP contribution in [0.15, 0.2) is 188 Å². The van der Waals surface area contributed by atoms with Gasteiger partial charge in [-0.1, -0.05) is 182 Å². The molecule has 0 bridgehead atoms. The second kappa shape index (κ2) is 19.2. The smallest absolute Gasteiger partial charge is 0.311 e. The normalized spacial score (nSPS) is 13.0. The van der Waals surface area contributed by atoms with E-state index in [0.29, 0.717) is 22.8 Å². The summed E-state index contributed by atoms with van der Waals surface area (Å²) in [5.41, 5.74) is 6.68. The summed E-state index contributed by atoms with van der Waals surface area (Å²) >= 11 is 0. The maximum atomic E-state index is 13.3. The molecule has 2 unspecified atom stereocenters. The number of benzene rings is 6. The maximum Gasteiger partial charge on any atom is 0.311 e. The number of rotatable bonds is 17. The number of nitrogens with zero attached hydrogens (tertiary/aromatic N) is 4. The van der Waals surface area contributed by atoms with Crippen LogP contribution in [-0.2, 0) is 34.9 Å². The third-order valence-electron chi connectivity index (χ3n) is 11.6. The van der Waals surface area contributed by atoms with E-state index in [9.17, 15) is 4.79 Å². The minimum atomic E-state index is -1.16. The van der Waals surface area contributed by atoms with Gasteiger partial charge in [-0.05, 0) is 54.2 Å². The molecule has 2 atom stereocenters. The monoisotopic (exact) mass is 851 g/mol. The van der Waals surface area contributed by atoms with Crippen molar-refractivity contribution >= 4 is 23.0 Å². The van der Waals surface area contributed by atoms with Gasteiger partial charge in [-0.2, -0.15) is 0 Å². The number of esters is 1. The van der Waals surface area contributed by atoms with Gasteiger partial charge in [-0.25, -0.2) is 20.4 Å². The number of carbonyl (C=O) groups is 1. The van der Waals surface area contributed by atoms with Gasteiger partial charge < -0.3 is 18.8 Å². The van der Waals surface area contributed by atoms with Crippen LogP contribution >= 0.6 is 0 Å². The Kier molecular flexibility index (Phi) is 13.1. The number of anilines is 1. The molecular formula is C54H53N5O5. The van der Waals surface area contributed by atoms with Crippen molar-refractivity contribution in [2.24, 2.45) is 5.41 Å². The van der Waals surface area contributed by atoms with Crippen molar-refractivity contribution in [3.63, 3.8) is 0 Å². The van der Waals surface area contributed by atoms with Crippen molar-refractivity contribution in [3.05, 3.63) is 228 Å². The number of imidazole rings is 1. The molecule has 0 spiro atoms. The van der Waals surface area contributed by atoms with Crippen LogP contribution in [0.25, 0.3) is 11.2 Å². The molecule has 8 aromatic rings. The Labute approximate surface area is 374 Å². The summed E-state index contributed by atoms with van der Waals surface area (Å²) in [5, 5.41) is 0. The molecule has 0 amide bonds. The maximum absolute atomic E-state index is 13.3. The first-order chi connectivity index (χ1) is 31.2. The Hall–Kier alpha value is -6.98. The highest BCUT2D eigenvalue weighted by Crippen LogP contribution is 2.46. The van der Waals surface area contributed by atoms with Gasteiger partial charge in [-0.3, -0.25) is 9.63 Å². The predicted octanol–water partition coefficient (Wildman–Crippen LogP) is 10.7. The second-order valence-electron chi connectivity index (χ2n) is 16.6. The number of ether oxygens (including phenoxy) is 3. The van der Waals surface area contributed by atoms with Crippen molar-refractivity contribution in [1.29, 1.82) is 0 Å². The van der Waals surface area contributed by atoms with Gasteiger partial charge in [0.1, 0.15) is 11.0 Å². The third kappa shape index (κ3) is 8.43. The molecule has 0 aliphatic rings. The molecule has 0 saturated heterocycles. The fourth-order valence-electron chi connectivity index (χ4n) is 8.52. The first-order valence-electron chi connectivity index (χ1n) is 21.5. The van der Waals surface area contributed by atoms with E-state index in [4.69, 9.17) is 34.0 Å². The lowest BCUT2D eigenvalue weighted by Crippen LogP contribution is -2.41. The summed E-state index contributed by atoms with van der Waals surface area (Å²) < 4.78 is 22.1. The molecule has 0 saturated carbocycles. The van der Waals surface area contributed by atoms with Crippen LogP contribution in [0.4, 0.5) is 5.82 Å². The van der Waals surface area contributed by atoms with Crippen molar-refractivity contribution in [2.45, 2.75) is 50.5 Å². The van der Waals surface area contributed by atoms with Crippen LogP contribution in [0, 0.1) is 5.41 Å². The number of methoxy groups -OCH3 is 1. The number of hydrogen-bond donors (Lipinski definition) is 1. The van der Waals surface area contributed by atoms with Crippen molar-refractivity contribution in [2.75, 3.05) is 26.3 Å². The lowest BCUT2D eigenvalue weighted by atomic mass is 9.68. The molecule has 6 aromatic carbocycles. The fourth-order valence-corrected chi connectivity index (χ4v) is 8.52. The average molecular weight is 852 g/mol. The molecule has 64 heavy (non-hydrogen) atoms. The van der Waals surface area contributed by atoms with E-state index >= 15 is 0 Å². The highest BCUT2D eigenvalue weighted by Gasteiger charge is 2.45. The van der Waals surface area contributed by atoms with Crippen LogP contribution < -0.4 is 5.48 Å². The topological polar surface area (TPSA) is 110 Å². The number of hydrogen-bond acceptors (Lipinski definition) is 9. The standard InChI is InChI=1S/C54H53N5O5/c1-52(2,3)51(60)63-37-36-45(49(61-4)64-54(42-30-18-9-19-31-42,43-32-20-10-21-33-43)44-34-22-11-23-35-44)59-38-55-46-47(58-62-5)56-50(57-48(46)59)53(39-24-12-6-13-25-39,40-26-14-7-15-27-40)41-28-16-8-17-29-41/h6-35,38,45,49H,36-37H2,1-5H3,(H,56,57,58). The van der Waals surface area contributed by atoms with Crippen molar-refractivity contribution < 1.29 is 23.8 Å². The molecule has 1 N–H and O–H groups in total. The van der Waals surface area contributed by atoms with Gasteiger partial charge in [-0.15, -0.1) is 0 Å². The van der Waals surface area contributed by atoms with E-state index in [1.807, 2.05) is 135 Å². The van der Waals surface area contributed by atoms with Gasteiger partial charge in [0, 0.05) is 13.5 Å². The Morgan fingerprint density at radius 2 is 1.03 bits per heavy atom. The molecule has 0 fully saturated rings. The summed E-state index contributed by atoms with van der Waals surface area (Å²) in [6.45, 7) is 5.58. The average Bonchev–Trinajstić information content (AvgIpc) is 3.77. The van der Waals surface area contributed by atoms with E-state index in [-0.39, 0.29) is 19.0 Å². The zero-order valence-corrected chi connectivity index (χ0v) is 36.8. The van der Waals surface area contributed by atoms with Crippen molar-refractivity contribution in [1.82, 2.24) is 19.5 Å². The molecule has 8 rings (SSSR count). The van der Waals surface area contributed by atoms with Gasteiger partial charge in [0.2, 0.25) is 0 Å². The van der Waals surface area contributed by atoms with E-state index in [0.717, 1.165) is 33.4 Å². The van der Waals surface area contributed by atoms with E-state index < -0.39 is 28.8 Å². The second-order valence-corrected chi connectivity index (χ2v) is 16.6. The van der Waals surface area contributed by atoms with E-state index in [2.05, 4.69) is 78.3 Å². The zero-order chi connectivity index (χ0) is 44.6. The molecule has 10 nitrogen and oxygen atoms in total. The van der Waals surface area contributed by atoms with E-state index in [1.165, 1.54) is 0 Å². The predicted molar refractivity (Wildman–Crippen MR) is 249 cm³/mol. The molecule has 2 aromatic heterocycles. The van der Waals surface area contributed by atoms with Crippen LogP contribution in [-0.4, -0.2) is 52.6 Å². The van der Waals surface area contributed by atoms with Gasteiger partial charge in [0.05, 0.1) is 31.5 Å². The zero-order valence-electron chi connectivity index (χ0n) is 36.8. The summed E-state index contributed by atoms with van der Waals surface area (Å²) in [5.74, 6) is 0.525. The van der Waals surface area contributed by atoms with Crippen LogP contribution in [0.2, 0.25) is 0 Å². The SMILES string of the molecule is CONc1nc(C(c2ccccc2)(c2ccccc2)c2ccccc2)nc2c1ncn2C(CCOC(=O)C(C)(C)C)C(OC)OC(c1ccccc1)(c1ccccc1)c1ccccc1. The lowest BCUT2D eigenvalue weighted by molar-refractivity contribution is -0.201. The van der Waals surface area contributed by atoms with E-state index in [1.54, 1.807) is 20.5 Å². The molecule has 10 heteroatoms. The molecule has 0 aliphatic carbocycles. The lowest BCUT2D eigenvalue weighted by Gasteiger charge is -2.40. The molecule has 0 radical (unpaired) electrons. The first kappa shape index (κ1) is 43.7.